The van der Waals surface area contributed by atoms with Crippen LogP contribution in [-0.2, 0) is 4.79 Å². The fourth-order valence-electron chi connectivity index (χ4n) is 2.92. The Hall–Kier alpha value is -2.60. The Morgan fingerprint density at radius 3 is 2.44 bits per heavy atom. The maximum atomic E-state index is 12.9. The minimum atomic E-state index is -0.361. The van der Waals surface area contributed by atoms with Gasteiger partial charge in [-0.05, 0) is 44.4 Å². The summed E-state index contributed by atoms with van der Waals surface area (Å²) in [6.07, 6.45) is 2.13. The highest BCUT2D eigenvalue weighted by atomic mass is 32.2. The topological polar surface area (TPSA) is 59.8 Å². The molecular formula is C21H22N4OS. The molecule has 0 spiro atoms. The van der Waals surface area contributed by atoms with Crippen molar-refractivity contribution in [3.8, 4) is 5.69 Å². The molecule has 0 unspecified atom stereocenters. The molecule has 0 bridgehead atoms. The number of nitrogens with one attached hydrogen (secondary N) is 1. The molecule has 1 aliphatic rings. The lowest BCUT2D eigenvalue weighted by atomic mass is 10.1. The largest absolute Gasteiger partial charge is 0.352 e. The van der Waals surface area contributed by atoms with E-state index in [-0.39, 0.29) is 11.2 Å². The van der Waals surface area contributed by atoms with E-state index in [0.29, 0.717) is 6.04 Å². The molecule has 1 fully saturated rings. The Kier molecular flexibility index (Phi) is 4.99. The predicted molar refractivity (Wildman–Crippen MR) is 107 cm³/mol. The molecule has 0 radical (unpaired) electrons. The first-order valence-electron chi connectivity index (χ1n) is 9.13. The van der Waals surface area contributed by atoms with Gasteiger partial charge in [0.2, 0.25) is 5.91 Å². The van der Waals surface area contributed by atoms with Crippen molar-refractivity contribution < 1.29 is 4.79 Å². The molecule has 0 aliphatic heterocycles. The van der Waals surface area contributed by atoms with Crippen molar-refractivity contribution >= 4 is 17.7 Å². The lowest BCUT2D eigenvalue weighted by Gasteiger charge is -2.17. The summed E-state index contributed by atoms with van der Waals surface area (Å²) in [7, 11) is 0. The third kappa shape index (κ3) is 4.06. The van der Waals surface area contributed by atoms with Crippen LogP contribution in [0.2, 0.25) is 0 Å². The smallest absolute Gasteiger partial charge is 0.238 e. The van der Waals surface area contributed by atoms with Gasteiger partial charge < -0.3 is 5.32 Å². The molecule has 2 aromatic carbocycles. The Labute approximate surface area is 163 Å². The number of nitrogens with zero attached hydrogens (tertiary/aromatic N) is 3. The fraction of sp³-hybridized carbons (Fsp3) is 0.286. The number of rotatable bonds is 6. The van der Waals surface area contributed by atoms with E-state index in [1.807, 2.05) is 41.8 Å². The molecule has 27 heavy (non-hydrogen) atoms. The Morgan fingerprint density at radius 1 is 1.07 bits per heavy atom. The summed E-state index contributed by atoms with van der Waals surface area (Å²) < 4.78 is 2.00. The number of aromatic nitrogens is 3. The first-order valence-corrected chi connectivity index (χ1v) is 10.0. The summed E-state index contributed by atoms with van der Waals surface area (Å²) in [5.74, 6) is 0.834. The molecule has 4 rings (SSSR count). The molecule has 5 nitrogen and oxygen atoms in total. The summed E-state index contributed by atoms with van der Waals surface area (Å²) in [5, 5.41) is 12.1. The summed E-state index contributed by atoms with van der Waals surface area (Å²) >= 11 is 1.44. The van der Waals surface area contributed by atoms with E-state index in [0.717, 1.165) is 35.1 Å². The maximum Gasteiger partial charge on any atom is 0.238 e. The zero-order valence-electron chi connectivity index (χ0n) is 15.4. The molecule has 1 atom stereocenters. The van der Waals surface area contributed by atoms with Gasteiger partial charge in [0, 0.05) is 11.7 Å². The van der Waals surface area contributed by atoms with Crippen LogP contribution < -0.4 is 5.32 Å². The molecule has 1 aliphatic carbocycles. The standard InChI is InChI=1S/C21H22N4OS/c1-14-8-12-18(13-9-14)25-15(2)23-24-21(25)27-19(16-6-4-3-5-7-16)20(26)22-17-10-11-17/h3-9,12-13,17,19H,10-11H2,1-2H3,(H,22,26)/t19-/m1/s1. The van der Waals surface area contributed by atoms with Crippen molar-refractivity contribution in [3.63, 3.8) is 0 Å². The summed E-state index contributed by atoms with van der Waals surface area (Å²) in [6.45, 7) is 3.99. The second-order valence-electron chi connectivity index (χ2n) is 6.89. The molecule has 0 saturated heterocycles. The number of carbonyl (C=O) groups is 1. The summed E-state index contributed by atoms with van der Waals surface area (Å²) in [4.78, 5) is 12.9. The number of aryl methyl sites for hydroxylation is 2. The Bertz CT molecular complexity index is 933. The molecule has 1 N–H and O–H groups in total. The van der Waals surface area contributed by atoms with Crippen LogP contribution in [0, 0.1) is 13.8 Å². The number of amides is 1. The van der Waals surface area contributed by atoms with Crippen molar-refractivity contribution in [2.45, 2.75) is 43.1 Å². The maximum absolute atomic E-state index is 12.9. The van der Waals surface area contributed by atoms with Crippen LogP contribution in [0.5, 0.6) is 0 Å². The van der Waals surface area contributed by atoms with Gasteiger partial charge in [-0.15, -0.1) is 10.2 Å². The van der Waals surface area contributed by atoms with Crippen LogP contribution in [-0.4, -0.2) is 26.7 Å². The van der Waals surface area contributed by atoms with Gasteiger partial charge in [-0.25, -0.2) is 0 Å². The molecule has 1 heterocycles. The normalized spacial score (nSPS) is 14.7. The molecule has 1 aromatic heterocycles. The first kappa shape index (κ1) is 17.8. The average molecular weight is 379 g/mol. The molecule has 138 valence electrons. The van der Waals surface area contributed by atoms with E-state index < -0.39 is 0 Å². The van der Waals surface area contributed by atoms with Crippen molar-refractivity contribution in [1.82, 2.24) is 20.1 Å². The van der Waals surface area contributed by atoms with E-state index in [4.69, 9.17) is 0 Å². The SMILES string of the molecule is Cc1ccc(-n2c(C)nnc2S[C@@H](C(=O)NC2CC2)c2ccccc2)cc1. The summed E-state index contributed by atoms with van der Waals surface area (Å²) in [5.41, 5.74) is 3.17. The number of thioether (sulfide) groups is 1. The highest BCUT2D eigenvalue weighted by Crippen LogP contribution is 2.36. The van der Waals surface area contributed by atoms with Gasteiger partial charge in [-0.1, -0.05) is 59.8 Å². The van der Waals surface area contributed by atoms with Gasteiger partial charge in [0.15, 0.2) is 5.16 Å². The Balaban J connectivity index is 1.67. The van der Waals surface area contributed by atoms with Crippen LogP contribution in [0.25, 0.3) is 5.69 Å². The fourth-order valence-corrected chi connectivity index (χ4v) is 4.03. The lowest BCUT2D eigenvalue weighted by molar-refractivity contribution is -0.120. The van der Waals surface area contributed by atoms with Crippen LogP contribution in [0.4, 0.5) is 0 Å². The monoisotopic (exact) mass is 378 g/mol. The van der Waals surface area contributed by atoms with E-state index in [9.17, 15) is 4.79 Å². The molecule has 1 amide bonds. The zero-order valence-corrected chi connectivity index (χ0v) is 16.2. The number of hydrogen-bond donors (Lipinski definition) is 1. The number of benzene rings is 2. The van der Waals surface area contributed by atoms with Gasteiger partial charge in [-0.2, -0.15) is 0 Å². The Morgan fingerprint density at radius 2 is 1.78 bits per heavy atom. The summed E-state index contributed by atoms with van der Waals surface area (Å²) in [6, 6.07) is 18.4. The predicted octanol–water partition coefficient (Wildman–Crippen LogP) is 4.00. The van der Waals surface area contributed by atoms with Crippen molar-refractivity contribution in [2.75, 3.05) is 0 Å². The van der Waals surface area contributed by atoms with Gasteiger partial charge in [0.05, 0.1) is 0 Å². The van der Waals surface area contributed by atoms with E-state index >= 15 is 0 Å². The van der Waals surface area contributed by atoms with Gasteiger partial charge >= 0.3 is 0 Å². The molecule has 6 heteroatoms. The van der Waals surface area contributed by atoms with E-state index in [1.54, 1.807) is 0 Å². The lowest BCUT2D eigenvalue weighted by Crippen LogP contribution is -2.29. The van der Waals surface area contributed by atoms with E-state index in [1.165, 1.54) is 17.3 Å². The van der Waals surface area contributed by atoms with Crippen molar-refractivity contribution in [3.05, 3.63) is 71.5 Å². The first-order chi connectivity index (χ1) is 13.1. The second-order valence-corrected chi connectivity index (χ2v) is 7.96. The molecule has 3 aromatic rings. The minimum Gasteiger partial charge on any atom is -0.352 e. The van der Waals surface area contributed by atoms with Crippen LogP contribution in [0.3, 0.4) is 0 Å². The van der Waals surface area contributed by atoms with Gasteiger partial charge in [0.25, 0.3) is 0 Å². The van der Waals surface area contributed by atoms with Crippen LogP contribution >= 0.6 is 11.8 Å². The van der Waals surface area contributed by atoms with Gasteiger partial charge in [0.1, 0.15) is 11.1 Å². The van der Waals surface area contributed by atoms with E-state index in [2.05, 4.69) is 46.7 Å². The number of carbonyl (C=O) groups excluding carboxylic acids is 1. The third-order valence-electron chi connectivity index (χ3n) is 4.57. The molecular weight excluding hydrogens is 356 g/mol. The highest BCUT2D eigenvalue weighted by Gasteiger charge is 2.30. The van der Waals surface area contributed by atoms with Crippen molar-refractivity contribution in [1.29, 1.82) is 0 Å². The third-order valence-corrected chi connectivity index (χ3v) is 5.77. The number of hydrogen-bond acceptors (Lipinski definition) is 4. The zero-order chi connectivity index (χ0) is 18.8. The highest BCUT2D eigenvalue weighted by molar-refractivity contribution is 8.00. The van der Waals surface area contributed by atoms with Crippen LogP contribution in [0.1, 0.15) is 35.0 Å². The molecule has 1 saturated carbocycles. The quantitative estimate of drug-likeness (QED) is 0.659. The minimum absolute atomic E-state index is 0.0322. The van der Waals surface area contributed by atoms with Crippen molar-refractivity contribution in [2.24, 2.45) is 0 Å². The van der Waals surface area contributed by atoms with Crippen LogP contribution in [0.15, 0.2) is 59.8 Å². The second kappa shape index (κ2) is 7.56. The van der Waals surface area contributed by atoms with Gasteiger partial charge in [-0.3, -0.25) is 9.36 Å². The average Bonchev–Trinajstić information content (AvgIpc) is 3.42.